The number of halogens is 3. The highest BCUT2D eigenvalue weighted by molar-refractivity contribution is 6.37. The van der Waals surface area contributed by atoms with Gasteiger partial charge in [0.1, 0.15) is 22.9 Å². The number of aromatic nitrogens is 2. The summed E-state index contributed by atoms with van der Waals surface area (Å²) in [4.78, 5) is 37.4. The molecule has 2 aromatic carbocycles. The molecule has 12 heteroatoms. The van der Waals surface area contributed by atoms with Crippen LogP contribution in [0.4, 0.5) is 20.2 Å². The van der Waals surface area contributed by atoms with Crippen LogP contribution in [0.15, 0.2) is 53.6 Å². The molecule has 0 radical (unpaired) electrons. The van der Waals surface area contributed by atoms with E-state index in [9.17, 15) is 33.8 Å². The summed E-state index contributed by atoms with van der Waals surface area (Å²) in [5, 5.41) is 21.1. The average molecular weight is 435 g/mol. The van der Waals surface area contributed by atoms with Gasteiger partial charge in [-0.2, -0.15) is 0 Å². The van der Waals surface area contributed by atoms with Crippen molar-refractivity contribution in [2.75, 3.05) is 0 Å². The molecule has 4 rings (SSSR count). The molecule has 4 aromatic rings. The molecule has 0 amide bonds. The molecule has 0 aliphatic heterocycles. The van der Waals surface area contributed by atoms with Gasteiger partial charge >= 0.3 is 11.4 Å². The van der Waals surface area contributed by atoms with E-state index >= 15 is 0 Å². The Morgan fingerprint density at radius 1 is 0.933 bits per heavy atom. The van der Waals surface area contributed by atoms with Crippen molar-refractivity contribution in [3.63, 3.8) is 0 Å². The van der Waals surface area contributed by atoms with Crippen molar-refractivity contribution in [3.05, 3.63) is 95.9 Å². The number of benzene rings is 2. The largest absolute Gasteiger partial charge is 0.355 e. The summed E-state index contributed by atoms with van der Waals surface area (Å²) < 4.78 is 25.7. The number of fused-ring (bicyclic) bond motifs is 2. The maximum atomic E-state index is 12.9. The fraction of sp³-hybridized carbons (Fsp3) is 0. The molecular formula is C18H9ClF2N4O5. The second kappa shape index (κ2) is 8.17. The molecule has 0 unspecified atom stereocenters. The predicted molar refractivity (Wildman–Crippen MR) is 105 cm³/mol. The molecule has 2 heterocycles. The van der Waals surface area contributed by atoms with E-state index in [1.807, 2.05) is 0 Å². The molecule has 0 aliphatic carbocycles. The number of hydrogen-bond acceptors (Lipinski definition) is 6. The van der Waals surface area contributed by atoms with Gasteiger partial charge in [-0.3, -0.25) is 25.0 Å². The third-order valence-corrected chi connectivity index (χ3v) is 4.36. The molecule has 0 fully saturated rings. The van der Waals surface area contributed by atoms with Crippen LogP contribution in [-0.4, -0.2) is 19.8 Å². The number of rotatable bonds is 2. The zero-order valence-electron chi connectivity index (χ0n) is 14.6. The molecule has 0 aliphatic rings. The standard InChI is InChI=1S/C9H4ClFN2O2.C9H5FN2O3/c10-9-6-3-5(11)1-2-7(6)12-4-8(9)13(14)15;10-5-1-2-7-6(3-5)9(13)8(4-11-7)12(14)15/h1-4H;1-4H,(H,11,13). The second-order valence-corrected chi connectivity index (χ2v) is 6.20. The van der Waals surface area contributed by atoms with Crippen LogP contribution in [0.3, 0.4) is 0 Å². The summed E-state index contributed by atoms with van der Waals surface area (Å²) in [5.41, 5.74) is -0.907. The number of nitro groups is 2. The Balaban J connectivity index is 0.000000171. The summed E-state index contributed by atoms with van der Waals surface area (Å²) in [6.45, 7) is 0. The third kappa shape index (κ3) is 4.05. The lowest BCUT2D eigenvalue weighted by atomic mass is 10.2. The number of hydrogen-bond donors (Lipinski definition) is 1. The molecule has 0 spiro atoms. The monoisotopic (exact) mass is 434 g/mol. The molecule has 0 atom stereocenters. The topological polar surface area (TPSA) is 132 Å². The van der Waals surface area contributed by atoms with Gasteiger partial charge in [0, 0.05) is 10.9 Å². The highest BCUT2D eigenvalue weighted by atomic mass is 35.5. The van der Waals surface area contributed by atoms with Crippen LogP contribution in [0, 0.1) is 31.9 Å². The maximum Gasteiger partial charge on any atom is 0.332 e. The molecule has 9 nitrogen and oxygen atoms in total. The van der Waals surface area contributed by atoms with E-state index in [0.29, 0.717) is 11.0 Å². The Hall–Kier alpha value is -3.99. The summed E-state index contributed by atoms with van der Waals surface area (Å²) in [5.74, 6) is -1.11. The fourth-order valence-corrected chi connectivity index (χ4v) is 2.83. The summed E-state index contributed by atoms with van der Waals surface area (Å²) >= 11 is 5.76. The van der Waals surface area contributed by atoms with E-state index < -0.39 is 32.6 Å². The Bertz CT molecular complexity index is 1380. The van der Waals surface area contributed by atoms with Gasteiger partial charge < -0.3 is 4.98 Å². The number of pyridine rings is 2. The van der Waals surface area contributed by atoms with Crippen LogP contribution in [-0.2, 0) is 0 Å². The first-order valence-corrected chi connectivity index (χ1v) is 8.40. The zero-order chi connectivity index (χ0) is 22.0. The van der Waals surface area contributed by atoms with Crippen molar-refractivity contribution in [2.45, 2.75) is 0 Å². The van der Waals surface area contributed by atoms with Crippen LogP contribution in [0.2, 0.25) is 5.02 Å². The van der Waals surface area contributed by atoms with E-state index in [1.165, 1.54) is 24.3 Å². The van der Waals surface area contributed by atoms with Gasteiger partial charge in [0.2, 0.25) is 0 Å². The van der Waals surface area contributed by atoms with Crippen LogP contribution in [0.5, 0.6) is 0 Å². The molecular weight excluding hydrogens is 426 g/mol. The minimum absolute atomic E-state index is 0.0239. The van der Waals surface area contributed by atoms with Gasteiger partial charge in [0.15, 0.2) is 0 Å². The maximum absolute atomic E-state index is 12.9. The summed E-state index contributed by atoms with van der Waals surface area (Å²) in [6.07, 6.45) is 2.06. The number of nitrogens with zero attached hydrogens (tertiary/aromatic N) is 3. The number of nitrogens with one attached hydrogen (secondary N) is 1. The lowest BCUT2D eigenvalue weighted by Crippen LogP contribution is -2.09. The van der Waals surface area contributed by atoms with E-state index in [1.54, 1.807) is 0 Å². The Kier molecular flexibility index (Phi) is 5.65. The number of H-pyrrole nitrogens is 1. The average Bonchev–Trinajstić information content (AvgIpc) is 2.69. The van der Waals surface area contributed by atoms with Crippen LogP contribution < -0.4 is 5.43 Å². The van der Waals surface area contributed by atoms with Crippen molar-refractivity contribution in [2.24, 2.45) is 0 Å². The zero-order valence-corrected chi connectivity index (χ0v) is 15.4. The molecule has 152 valence electrons. The molecule has 0 saturated carbocycles. The van der Waals surface area contributed by atoms with Gasteiger partial charge in [-0.15, -0.1) is 0 Å². The minimum Gasteiger partial charge on any atom is -0.355 e. The van der Waals surface area contributed by atoms with E-state index in [4.69, 9.17) is 11.6 Å². The Morgan fingerprint density at radius 3 is 2.17 bits per heavy atom. The SMILES string of the molecule is O=[N+]([O-])c1cnc2ccc(F)cc2c1Cl.O=c1c([N+](=O)[O-])c[nH]c2ccc(F)cc12. The molecule has 0 bridgehead atoms. The minimum atomic E-state index is -0.802. The quantitative estimate of drug-likeness (QED) is 0.364. The summed E-state index contributed by atoms with van der Waals surface area (Å²) in [6, 6.07) is 7.26. The van der Waals surface area contributed by atoms with Crippen molar-refractivity contribution < 1.29 is 18.6 Å². The highest BCUT2D eigenvalue weighted by Gasteiger charge is 2.16. The molecule has 1 N–H and O–H groups in total. The van der Waals surface area contributed by atoms with Gasteiger partial charge in [0.25, 0.3) is 5.43 Å². The lowest BCUT2D eigenvalue weighted by molar-refractivity contribution is -0.386. The molecule has 30 heavy (non-hydrogen) atoms. The smallest absolute Gasteiger partial charge is 0.332 e. The lowest BCUT2D eigenvalue weighted by Gasteiger charge is -2.00. The second-order valence-electron chi connectivity index (χ2n) is 5.83. The van der Waals surface area contributed by atoms with E-state index in [0.717, 1.165) is 24.5 Å². The number of aromatic amines is 1. The van der Waals surface area contributed by atoms with Gasteiger partial charge in [0.05, 0.1) is 26.9 Å². The normalized spacial score (nSPS) is 10.5. The molecule has 2 aromatic heterocycles. The first-order valence-electron chi connectivity index (χ1n) is 8.02. The van der Waals surface area contributed by atoms with Crippen molar-refractivity contribution in [1.29, 1.82) is 0 Å². The van der Waals surface area contributed by atoms with Crippen LogP contribution in [0.1, 0.15) is 0 Å². The molecule has 0 saturated heterocycles. The first kappa shape index (κ1) is 20.7. The van der Waals surface area contributed by atoms with Gasteiger partial charge in [-0.05, 0) is 36.4 Å². The van der Waals surface area contributed by atoms with Crippen LogP contribution >= 0.6 is 11.6 Å². The fourth-order valence-electron chi connectivity index (χ4n) is 2.56. The highest BCUT2D eigenvalue weighted by Crippen LogP contribution is 2.31. The van der Waals surface area contributed by atoms with Crippen LogP contribution in [0.25, 0.3) is 21.8 Å². The third-order valence-electron chi connectivity index (χ3n) is 3.96. The van der Waals surface area contributed by atoms with Crippen molar-refractivity contribution in [3.8, 4) is 0 Å². The van der Waals surface area contributed by atoms with Gasteiger partial charge in [-0.25, -0.2) is 13.8 Å². The summed E-state index contributed by atoms with van der Waals surface area (Å²) in [7, 11) is 0. The van der Waals surface area contributed by atoms with Gasteiger partial charge in [-0.1, -0.05) is 11.6 Å². The Morgan fingerprint density at radius 2 is 1.53 bits per heavy atom. The van der Waals surface area contributed by atoms with Crippen molar-refractivity contribution >= 4 is 44.8 Å². The van der Waals surface area contributed by atoms with E-state index in [-0.39, 0.29) is 21.5 Å². The predicted octanol–water partition coefficient (Wildman–Crippen LogP) is 4.51. The van der Waals surface area contributed by atoms with E-state index in [2.05, 4.69) is 9.97 Å². The first-order chi connectivity index (χ1) is 14.2. The Labute approximate surface area is 169 Å². The van der Waals surface area contributed by atoms with Crippen molar-refractivity contribution in [1.82, 2.24) is 9.97 Å².